The van der Waals surface area contributed by atoms with Crippen molar-refractivity contribution >= 4 is 27.8 Å². The van der Waals surface area contributed by atoms with Gasteiger partial charge in [0, 0.05) is 12.5 Å². The molecule has 0 spiro atoms. The van der Waals surface area contributed by atoms with Crippen molar-refractivity contribution in [1.29, 1.82) is 0 Å². The van der Waals surface area contributed by atoms with Crippen LogP contribution < -0.4 is 0 Å². The molecule has 0 atom stereocenters. The Morgan fingerprint density at radius 3 is 2.65 bits per heavy atom. The largest absolute Gasteiger partial charge is 0.480 e. The Labute approximate surface area is 125 Å². The number of carbonyl (C=O) groups is 2. The Balaban J connectivity index is 2.19. The smallest absolute Gasteiger partial charge is 0.323 e. The third-order valence-electron chi connectivity index (χ3n) is 3.12. The minimum Gasteiger partial charge on any atom is -0.480 e. The van der Waals surface area contributed by atoms with Crippen LogP contribution in [0.3, 0.4) is 0 Å². The first kappa shape index (κ1) is 15.0. The van der Waals surface area contributed by atoms with Crippen LogP contribution in [0.4, 0.5) is 0 Å². The summed E-state index contributed by atoms with van der Waals surface area (Å²) < 4.78 is 0.671. The molecule has 0 radical (unpaired) electrons. The first-order chi connectivity index (χ1) is 9.40. The van der Waals surface area contributed by atoms with Gasteiger partial charge in [0.25, 0.3) is 5.91 Å². The van der Waals surface area contributed by atoms with E-state index in [9.17, 15) is 9.59 Å². The molecule has 1 saturated carbocycles. The van der Waals surface area contributed by atoms with E-state index in [1.807, 2.05) is 13.8 Å². The maximum atomic E-state index is 12.4. The number of halogens is 1. The number of aromatic nitrogens is 2. The molecule has 0 aliphatic heterocycles. The van der Waals surface area contributed by atoms with Gasteiger partial charge in [-0.15, -0.1) is 0 Å². The molecular weight excluding hydrogens is 326 g/mol. The highest BCUT2D eigenvalue weighted by atomic mass is 79.9. The number of aliphatic carboxylic acids is 1. The lowest BCUT2D eigenvalue weighted by molar-refractivity contribution is -0.137. The predicted molar refractivity (Wildman–Crippen MR) is 76.6 cm³/mol. The number of nitrogens with one attached hydrogen (secondary N) is 1. The Bertz CT molecular complexity index is 523. The molecule has 0 unspecified atom stereocenters. The molecule has 1 aliphatic carbocycles. The van der Waals surface area contributed by atoms with Gasteiger partial charge in [-0.25, -0.2) is 0 Å². The van der Waals surface area contributed by atoms with E-state index in [0.717, 1.165) is 18.5 Å². The monoisotopic (exact) mass is 343 g/mol. The number of amides is 1. The van der Waals surface area contributed by atoms with Gasteiger partial charge >= 0.3 is 5.97 Å². The molecular formula is C13H18BrN3O3. The quantitative estimate of drug-likeness (QED) is 0.829. The van der Waals surface area contributed by atoms with Gasteiger partial charge < -0.3 is 10.0 Å². The van der Waals surface area contributed by atoms with Crippen molar-refractivity contribution in [2.75, 3.05) is 13.1 Å². The molecule has 0 bridgehead atoms. The molecule has 7 heteroatoms. The van der Waals surface area contributed by atoms with Crippen molar-refractivity contribution in [3.05, 3.63) is 15.9 Å². The van der Waals surface area contributed by atoms with Gasteiger partial charge in [0.1, 0.15) is 6.54 Å². The summed E-state index contributed by atoms with van der Waals surface area (Å²) >= 11 is 3.40. The van der Waals surface area contributed by atoms with Gasteiger partial charge in [0.05, 0.1) is 10.2 Å². The number of aromatic amines is 1. The number of hydrogen-bond acceptors (Lipinski definition) is 3. The lowest BCUT2D eigenvalue weighted by atomic mass is 10.2. The Morgan fingerprint density at radius 1 is 1.50 bits per heavy atom. The number of hydrogen-bond donors (Lipinski definition) is 2. The number of rotatable bonds is 6. The van der Waals surface area contributed by atoms with E-state index >= 15 is 0 Å². The molecule has 2 N–H and O–H groups in total. The summed E-state index contributed by atoms with van der Waals surface area (Å²) in [4.78, 5) is 24.7. The van der Waals surface area contributed by atoms with Crippen molar-refractivity contribution in [3.63, 3.8) is 0 Å². The average Bonchev–Trinajstić information content (AvgIpc) is 3.10. The van der Waals surface area contributed by atoms with Gasteiger partial charge in [0.2, 0.25) is 0 Å². The van der Waals surface area contributed by atoms with Crippen molar-refractivity contribution < 1.29 is 14.7 Å². The highest BCUT2D eigenvalue weighted by molar-refractivity contribution is 9.10. The first-order valence-corrected chi connectivity index (χ1v) is 7.44. The summed E-state index contributed by atoms with van der Waals surface area (Å²) in [6.07, 6.45) is 2.19. The highest BCUT2D eigenvalue weighted by Crippen LogP contribution is 2.43. The molecule has 1 aromatic rings. The zero-order chi connectivity index (χ0) is 14.9. The first-order valence-electron chi connectivity index (χ1n) is 6.65. The average molecular weight is 344 g/mol. The number of nitrogens with zero attached hydrogens (tertiary/aromatic N) is 2. The Kier molecular flexibility index (Phi) is 4.47. The maximum Gasteiger partial charge on any atom is 0.323 e. The molecule has 0 saturated heterocycles. The second-order valence-corrected chi connectivity index (χ2v) is 6.34. The second-order valence-electron chi connectivity index (χ2n) is 5.55. The van der Waals surface area contributed by atoms with Crippen LogP contribution in [0.5, 0.6) is 0 Å². The van der Waals surface area contributed by atoms with E-state index < -0.39 is 5.97 Å². The standard InChI is InChI=1S/C13H18BrN3O3/c1-7(2)5-17(6-9(18)19)13(20)12-10(14)11(15-16-12)8-3-4-8/h7-8H,3-6H2,1-2H3,(H,15,16)(H,18,19). The summed E-state index contributed by atoms with van der Waals surface area (Å²) in [5.74, 6) is -0.737. The third-order valence-corrected chi connectivity index (χ3v) is 3.92. The molecule has 6 nitrogen and oxygen atoms in total. The van der Waals surface area contributed by atoms with E-state index in [-0.39, 0.29) is 24.1 Å². The summed E-state index contributed by atoms with van der Waals surface area (Å²) in [7, 11) is 0. The van der Waals surface area contributed by atoms with Crippen LogP contribution in [0.1, 0.15) is 48.8 Å². The topological polar surface area (TPSA) is 86.3 Å². The fourth-order valence-electron chi connectivity index (χ4n) is 2.10. The van der Waals surface area contributed by atoms with Crippen LogP contribution in [-0.4, -0.2) is 45.2 Å². The van der Waals surface area contributed by atoms with Crippen molar-refractivity contribution in [3.8, 4) is 0 Å². The third kappa shape index (κ3) is 3.39. The highest BCUT2D eigenvalue weighted by Gasteiger charge is 2.32. The van der Waals surface area contributed by atoms with Crippen LogP contribution in [-0.2, 0) is 4.79 Å². The number of H-pyrrole nitrogens is 1. The molecule has 2 rings (SSSR count). The number of carbonyl (C=O) groups excluding carboxylic acids is 1. The molecule has 0 aromatic carbocycles. The second kappa shape index (κ2) is 5.95. The van der Waals surface area contributed by atoms with Gasteiger partial charge in [-0.05, 0) is 34.7 Å². The number of carboxylic acids is 1. The van der Waals surface area contributed by atoms with Crippen LogP contribution >= 0.6 is 15.9 Å². The summed E-state index contributed by atoms with van der Waals surface area (Å²) in [5.41, 5.74) is 1.21. The summed E-state index contributed by atoms with van der Waals surface area (Å²) in [6, 6.07) is 0. The Hall–Kier alpha value is -1.37. The molecule has 110 valence electrons. The van der Waals surface area contributed by atoms with Gasteiger partial charge in [0.15, 0.2) is 5.69 Å². The van der Waals surface area contributed by atoms with Crippen molar-refractivity contribution in [2.45, 2.75) is 32.6 Å². The van der Waals surface area contributed by atoms with E-state index in [2.05, 4.69) is 26.1 Å². The minimum absolute atomic E-state index is 0.193. The van der Waals surface area contributed by atoms with Crippen LogP contribution in [0.15, 0.2) is 4.47 Å². The van der Waals surface area contributed by atoms with E-state index in [1.54, 1.807) is 0 Å². The van der Waals surface area contributed by atoms with E-state index in [0.29, 0.717) is 16.9 Å². The lowest BCUT2D eigenvalue weighted by Crippen LogP contribution is -2.38. The van der Waals surface area contributed by atoms with Crippen LogP contribution in [0, 0.1) is 5.92 Å². The van der Waals surface area contributed by atoms with Crippen molar-refractivity contribution in [1.82, 2.24) is 15.1 Å². The summed E-state index contributed by atoms with van der Waals surface area (Å²) in [5, 5.41) is 15.9. The normalized spacial score (nSPS) is 14.6. The van der Waals surface area contributed by atoms with Crippen LogP contribution in [0.25, 0.3) is 0 Å². The molecule has 1 aromatic heterocycles. The predicted octanol–water partition coefficient (Wildman–Crippen LogP) is 2.23. The summed E-state index contributed by atoms with van der Waals surface area (Å²) in [6.45, 7) is 3.97. The fourth-order valence-corrected chi connectivity index (χ4v) is 2.77. The number of carboxylic acid groups (broad SMARTS) is 1. The minimum atomic E-state index is -1.02. The molecule has 1 aliphatic rings. The van der Waals surface area contributed by atoms with Crippen LogP contribution in [0.2, 0.25) is 0 Å². The maximum absolute atomic E-state index is 12.4. The molecule has 1 heterocycles. The molecule has 1 amide bonds. The lowest BCUT2D eigenvalue weighted by Gasteiger charge is -2.21. The molecule has 20 heavy (non-hydrogen) atoms. The van der Waals surface area contributed by atoms with Gasteiger partial charge in [-0.3, -0.25) is 14.7 Å². The zero-order valence-electron chi connectivity index (χ0n) is 11.5. The van der Waals surface area contributed by atoms with E-state index in [4.69, 9.17) is 5.11 Å². The Morgan fingerprint density at radius 2 is 2.15 bits per heavy atom. The SMILES string of the molecule is CC(C)CN(CC(=O)O)C(=O)c1n[nH]c(C2CC2)c1Br. The fraction of sp³-hybridized carbons (Fsp3) is 0.615. The van der Waals surface area contributed by atoms with E-state index in [1.165, 1.54) is 4.90 Å². The zero-order valence-corrected chi connectivity index (χ0v) is 13.1. The molecule has 1 fully saturated rings. The van der Waals surface area contributed by atoms with Gasteiger partial charge in [-0.2, -0.15) is 5.10 Å². The van der Waals surface area contributed by atoms with Gasteiger partial charge in [-0.1, -0.05) is 13.8 Å². The van der Waals surface area contributed by atoms with Crippen molar-refractivity contribution in [2.24, 2.45) is 5.92 Å².